The predicted octanol–water partition coefficient (Wildman–Crippen LogP) is 4.45. The Morgan fingerprint density at radius 3 is 3.00 bits per heavy atom. The Morgan fingerprint density at radius 2 is 2.24 bits per heavy atom. The maximum absolute atomic E-state index is 4.47. The van der Waals surface area contributed by atoms with E-state index in [-0.39, 0.29) is 0 Å². The second-order valence-corrected chi connectivity index (χ2v) is 5.92. The lowest BCUT2D eigenvalue weighted by atomic mass is 10.1. The molecule has 1 unspecified atom stereocenters. The number of aryl methyl sites for hydroxylation is 1. The first-order valence-corrected chi connectivity index (χ1v) is 7.11. The molecule has 0 spiro atoms. The highest BCUT2D eigenvalue weighted by molar-refractivity contribution is 7.18. The molecular formula is C14H20N2S. The van der Waals surface area contributed by atoms with Crippen LogP contribution in [0.3, 0.4) is 0 Å². The first kappa shape index (κ1) is 12.4. The number of nitrogens with one attached hydrogen (secondary N) is 1. The van der Waals surface area contributed by atoms with Gasteiger partial charge >= 0.3 is 0 Å². The Hall–Kier alpha value is -1.09. The Morgan fingerprint density at radius 1 is 1.41 bits per heavy atom. The van der Waals surface area contributed by atoms with Gasteiger partial charge in [0.15, 0.2) is 0 Å². The third kappa shape index (κ3) is 3.19. The van der Waals surface area contributed by atoms with Crippen molar-refractivity contribution in [1.29, 1.82) is 0 Å². The van der Waals surface area contributed by atoms with Crippen LogP contribution in [-0.2, 0) is 0 Å². The number of anilines is 1. The quantitative estimate of drug-likeness (QED) is 0.845. The normalized spacial score (nSPS) is 12.9. The summed E-state index contributed by atoms with van der Waals surface area (Å²) in [4.78, 5) is 4.47. The number of nitrogens with zero attached hydrogens (tertiary/aromatic N) is 1. The molecule has 3 heteroatoms. The van der Waals surface area contributed by atoms with Gasteiger partial charge in [-0.3, -0.25) is 0 Å². The van der Waals surface area contributed by atoms with Gasteiger partial charge in [-0.1, -0.05) is 20.3 Å². The summed E-state index contributed by atoms with van der Waals surface area (Å²) in [5.74, 6) is 0.735. The van der Waals surface area contributed by atoms with Gasteiger partial charge in [-0.05, 0) is 37.5 Å². The van der Waals surface area contributed by atoms with Crippen molar-refractivity contribution < 1.29 is 0 Å². The highest BCUT2D eigenvalue weighted by atomic mass is 32.1. The monoisotopic (exact) mass is 248 g/mol. The fourth-order valence-corrected chi connectivity index (χ4v) is 2.90. The SMILES string of the molecule is CCCC(C)CNc1ccc2nc(C)sc2c1. The van der Waals surface area contributed by atoms with Gasteiger partial charge in [0, 0.05) is 12.2 Å². The van der Waals surface area contributed by atoms with Gasteiger partial charge in [-0.25, -0.2) is 4.98 Å². The van der Waals surface area contributed by atoms with Gasteiger partial charge in [0.1, 0.15) is 0 Å². The molecule has 0 fully saturated rings. The lowest BCUT2D eigenvalue weighted by molar-refractivity contribution is 0.551. The fourth-order valence-electron chi connectivity index (χ4n) is 2.04. The summed E-state index contributed by atoms with van der Waals surface area (Å²) in [6.07, 6.45) is 2.55. The maximum atomic E-state index is 4.47. The predicted molar refractivity (Wildman–Crippen MR) is 76.9 cm³/mol. The Kier molecular flexibility index (Phi) is 4.00. The number of hydrogen-bond donors (Lipinski definition) is 1. The second kappa shape index (κ2) is 5.50. The molecule has 1 aromatic heterocycles. The van der Waals surface area contributed by atoms with E-state index < -0.39 is 0 Å². The van der Waals surface area contributed by atoms with Crippen molar-refractivity contribution in [3.8, 4) is 0 Å². The van der Waals surface area contributed by atoms with Gasteiger partial charge in [0.2, 0.25) is 0 Å². The van der Waals surface area contributed by atoms with E-state index in [1.54, 1.807) is 11.3 Å². The summed E-state index contributed by atoms with van der Waals surface area (Å²) >= 11 is 1.76. The van der Waals surface area contributed by atoms with E-state index in [1.807, 2.05) is 0 Å². The zero-order valence-electron chi connectivity index (χ0n) is 10.8. The number of benzene rings is 1. The number of rotatable bonds is 5. The second-order valence-electron chi connectivity index (χ2n) is 4.69. The van der Waals surface area contributed by atoms with Crippen LogP contribution >= 0.6 is 11.3 Å². The summed E-state index contributed by atoms with van der Waals surface area (Å²) in [5, 5.41) is 4.65. The molecule has 1 heterocycles. The summed E-state index contributed by atoms with van der Waals surface area (Å²) in [6, 6.07) is 6.43. The van der Waals surface area contributed by atoms with Crippen LogP contribution in [-0.4, -0.2) is 11.5 Å². The molecule has 0 radical (unpaired) electrons. The van der Waals surface area contributed by atoms with E-state index in [1.165, 1.54) is 23.2 Å². The molecule has 0 saturated heterocycles. The van der Waals surface area contributed by atoms with E-state index >= 15 is 0 Å². The minimum absolute atomic E-state index is 0.735. The van der Waals surface area contributed by atoms with Crippen molar-refractivity contribution >= 4 is 27.2 Å². The smallest absolute Gasteiger partial charge is 0.0907 e. The molecule has 0 aliphatic heterocycles. The molecule has 1 aromatic carbocycles. The zero-order chi connectivity index (χ0) is 12.3. The van der Waals surface area contributed by atoms with Gasteiger partial charge in [-0.15, -0.1) is 11.3 Å². The van der Waals surface area contributed by atoms with Crippen LogP contribution in [0.5, 0.6) is 0 Å². The maximum Gasteiger partial charge on any atom is 0.0907 e. The minimum Gasteiger partial charge on any atom is -0.385 e. The van der Waals surface area contributed by atoms with Crippen molar-refractivity contribution in [3.05, 3.63) is 23.2 Å². The average Bonchev–Trinajstić information content (AvgIpc) is 2.66. The highest BCUT2D eigenvalue weighted by Gasteiger charge is 2.03. The molecule has 17 heavy (non-hydrogen) atoms. The Labute approximate surface area is 107 Å². The van der Waals surface area contributed by atoms with Crippen molar-refractivity contribution in [2.75, 3.05) is 11.9 Å². The number of thiazole rings is 1. The standard InChI is InChI=1S/C14H20N2S/c1-4-5-10(2)9-15-12-6-7-13-14(8-12)17-11(3)16-13/h6-8,10,15H,4-5,9H2,1-3H3. The molecule has 0 aliphatic rings. The number of aromatic nitrogens is 1. The van der Waals surface area contributed by atoms with Crippen LogP contribution in [0.4, 0.5) is 5.69 Å². The fraction of sp³-hybridized carbons (Fsp3) is 0.500. The molecular weight excluding hydrogens is 228 g/mol. The van der Waals surface area contributed by atoms with E-state index in [0.29, 0.717) is 0 Å². The summed E-state index contributed by atoms with van der Waals surface area (Å²) < 4.78 is 1.27. The molecule has 0 saturated carbocycles. The van der Waals surface area contributed by atoms with Gasteiger partial charge in [-0.2, -0.15) is 0 Å². The van der Waals surface area contributed by atoms with Crippen molar-refractivity contribution in [2.45, 2.75) is 33.6 Å². The van der Waals surface area contributed by atoms with Crippen LogP contribution < -0.4 is 5.32 Å². The van der Waals surface area contributed by atoms with Gasteiger partial charge in [0.25, 0.3) is 0 Å². The van der Waals surface area contributed by atoms with E-state index in [9.17, 15) is 0 Å². The van der Waals surface area contributed by atoms with Crippen LogP contribution in [0.15, 0.2) is 18.2 Å². The molecule has 2 aromatic rings. The molecule has 2 rings (SSSR count). The lowest BCUT2D eigenvalue weighted by Gasteiger charge is -2.12. The van der Waals surface area contributed by atoms with Crippen molar-refractivity contribution in [3.63, 3.8) is 0 Å². The first-order chi connectivity index (χ1) is 8.19. The van der Waals surface area contributed by atoms with Crippen LogP contribution in [0.1, 0.15) is 31.7 Å². The lowest BCUT2D eigenvalue weighted by Crippen LogP contribution is -2.10. The molecule has 1 atom stereocenters. The minimum atomic E-state index is 0.735. The van der Waals surface area contributed by atoms with E-state index in [2.05, 4.69) is 49.3 Å². The van der Waals surface area contributed by atoms with E-state index in [4.69, 9.17) is 0 Å². The third-order valence-electron chi connectivity index (χ3n) is 2.93. The first-order valence-electron chi connectivity index (χ1n) is 6.30. The molecule has 0 bridgehead atoms. The van der Waals surface area contributed by atoms with Crippen molar-refractivity contribution in [2.24, 2.45) is 5.92 Å². The average molecular weight is 248 g/mol. The van der Waals surface area contributed by atoms with Crippen LogP contribution in [0, 0.1) is 12.8 Å². The summed E-state index contributed by atoms with van der Waals surface area (Å²) in [5.41, 5.74) is 2.32. The molecule has 92 valence electrons. The van der Waals surface area contributed by atoms with Gasteiger partial charge in [0.05, 0.1) is 15.2 Å². The Bertz CT molecular complexity index is 490. The van der Waals surface area contributed by atoms with E-state index in [0.717, 1.165) is 23.0 Å². The largest absolute Gasteiger partial charge is 0.385 e. The zero-order valence-corrected chi connectivity index (χ0v) is 11.6. The van der Waals surface area contributed by atoms with Gasteiger partial charge < -0.3 is 5.32 Å². The number of hydrogen-bond acceptors (Lipinski definition) is 3. The Balaban J connectivity index is 2.03. The molecule has 1 N–H and O–H groups in total. The van der Waals surface area contributed by atoms with Crippen LogP contribution in [0.25, 0.3) is 10.2 Å². The third-order valence-corrected chi connectivity index (χ3v) is 3.87. The molecule has 0 amide bonds. The highest BCUT2D eigenvalue weighted by Crippen LogP contribution is 2.24. The summed E-state index contributed by atoms with van der Waals surface area (Å²) in [6.45, 7) is 7.65. The molecule has 0 aliphatic carbocycles. The topological polar surface area (TPSA) is 24.9 Å². The summed E-state index contributed by atoms with van der Waals surface area (Å²) in [7, 11) is 0. The molecule has 2 nitrogen and oxygen atoms in total. The number of fused-ring (bicyclic) bond motifs is 1. The van der Waals surface area contributed by atoms with Crippen LogP contribution in [0.2, 0.25) is 0 Å². The van der Waals surface area contributed by atoms with Crippen molar-refractivity contribution in [1.82, 2.24) is 4.98 Å².